The number of hydrogen-bond donors (Lipinski definition) is 0. The molecule has 0 spiro atoms. The van der Waals surface area contributed by atoms with Gasteiger partial charge in [-0.15, -0.1) is 0 Å². The average Bonchev–Trinajstić information content (AvgIpc) is 3.30. The summed E-state index contributed by atoms with van der Waals surface area (Å²) < 4.78 is 16.8. The Morgan fingerprint density at radius 2 is 0.600 bits per heavy atom. The van der Waals surface area contributed by atoms with Crippen molar-refractivity contribution in [2.75, 3.05) is 13.2 Å². The van der Waals surface area contributed by atoms with Gasteiger partial charge < -0.3 is 14.2 Å². The number of allylic oxidation sites excluding steroid dienone is 10. The smallest absolute Gasteiger partial charge is 0.306 e. The van der Waals surface area contributed by atoms with E-state index < -0.39 is 6.10 Å². The molecule has 0 aliphatic rings. The summed E-state index contributed by atoms with van der Waals surface area (Å²) in [4.78, 5) is 38.1. The Hall–Kier alpha value is -2.89. The summed E-state index contributed by atoms with van der Waals surface area (Å²) in [5.74, 6) is -0.885. The number of rotatable bonds is 50. The first kappa shape index (κ1) is 62.1. The van der Waals surface area contributed by atoms with Crippen LogP contribution in [0.1, 0.15) is 278 Å². The number of unbranched alkanes of at least 4 members (excludes halogenated alkanes) is 29. The Morgan fingerprint density at radius 1 is 0.323 bits per heavy atom. The van der Waals surface area contributed by atoms with E-state index in [1.54, 1.807) is 0 Å². The lowest BCUT2D eigenvalue weighted by molar-refractivity contribution is -0.167. The molecule has 0 aliphatic heterocycles. The van der Waals surface area contributed by atoms with Gasteiger partial charge in [-0.3, -0.25) is 14.4 Å². The van der Waals surface area contributed by atoms with Crippen molar-refractivity contribution in [3.8, 4) is 0 Å². The Balaban J connectivity index is 4.36. The molecule has 1 unspecified atom stereocenters. The molecule has 0 fully saturated rings. The van der Waals surface area contributed by atoms with E-state index in [1.165, 1.54) is 128 Å². The zero-order chi connectivity index (χ0) is 47.2. The van der Waals surface area contributed by atoms with Crippen LogP contribution in [0.5, 0.6) is 0 Å². The normalized spacial score (nSPS) is 12.5. The molecule has 0 aliphatic carbocycles. The molecule has 0 aromatic heterocycles. The molecule has 1 atom stereocenters. The van der Waals surface area contributed by atoms with Gasteiger partial charge in [-0.25, -0.2) is 0 Å². The lowest BCUT2D eigenvalue weighted by atomic mass is 10.0. The summed E-state index contributed by atoms with van der Waals surface area (Å²) in [5.41, 5.74) is 0. The van der Waals surface area contributed by atoms with Crippen molar-refractivity contribution in [2.24, 2.45) is 0 Å². The van der Waals surface area contributed by atoms with Crippen molar-refractivity contribution in [2.45, 2.75) is 284 Å². The highest BCUT2D eigenvalue weighted by Gasteiger charge is 2.19. The van der Waals surface area contributed by atoms with Gasteiger partial charge in [0.15, 0.2) is 6.10 Å². The fourth-order valence-electron chi connectivity index (χ4n) is 7.88. The zero-order valence-electron chi connectivity index (χ0n) is 43.0. The van der Waals surface area contributed by atoms with Gasteiger partial charge in [0.25, 0.3) is 0 Å². The van der Waals surface area contributed by atoms with Crippen LogP contribution in [0.2, 0.25) is 0 Å². The molecule has 0 rings (SSSR count). The van der Waals surface area contributed by atoms with Crippen LogP contribution in [-0.2, 0) is 28.6 Å². The van der Waals surface area contributed by atoms with Gasteiger partial charge >= 0.3 is 17.9 Å². The molecule has 65 heavy (non-hydrogen) atoms. The van der Waals surface area contributed by atoms with Gasteiger partial charge in [0.05, 0.1) is 0 Å². The van der Waals surface area contributed by atoms with E-state index in [2.05, 4.69) is 81.5 Å². The van der Waals surface area contributed by atoms with Crippen molar-refractivity contribution in [1.82, 2.24) is 0 Å². The zero-order valence-corrected chi connectivity index (χ0v) is 43.0. The lowest BCUT2D eigenvalue weighted by Gasteiger charge is -2.18. The van der Waals surface area contributed by atoms with E-state index in [9.17, 15) is 14.4 Å². The molecule has 6 heteroatoms. The third kappa shape index (κ3) is 51.9. The molecule has 0 saturated heterocycles. The summed E-state index contributed by atoms with van der Waals surface area (Å²) >= 11 is 0. The van der Waals surface area contributed by atoms with Crippen molar-refractivity contribution in [3.63, 3.8) is 0 Å². The molecule has 0 saturated carbocycles. The monoisotopic (exact) mass is 909 g/mol. The quantitative estimate of drug-likeness (QED) is 0.0262. The van der Waals surface area contributed by atoms with E-state index in [4.69, 9.17) is 14.2 Å². The summed E-state index contributed by atoms with van der Waals surface area (Å²) in [5, 5.41) is 0. The predicted octanol–water partition coefficient (Wildman–Crippen LogP) is 18.4. The fraction of sp³-hybridized carbons (Fsp3) is 0.780. The second kappa shape index (κ2) is 53.7. The third-order valence-corrected chi connectivity index (χ3v) is 12.0. The number of hydrogen-bond acceptors (Lipinski definition) is 6. The van der Waals surface area contributed by atoms with Gasteiger partial charge in [-0.2, -0.15) is 0 Å². The van der Waals surface area contributed by atoms with Crippen LogP contribution in [0.3, 0.4) is 0 Å². The minimum atomic E-state index is -0.778. The maximum Gasteiger partial charge on any atom is 0.306 e. The Kier molecular flexibility index (Phi) is 51.3. The highest BCUT2D eigenvalue weighted by molar-refractivity contribution is 5.71. The molecule has 376 valence electrons. The Labute approximate surface area is 402 Å². The second-order valence-corrected chi connectivity index (χ2v) is 18.5. The van der Waals surface area contributed by atoms with Crippen LogP contribution in [0.4, 0.5) is 0 Å². The van der Waals surface area contributed by atoms with Crippen molar-refractivity contribution >= 4 is 17.9 Å². The van der Waals surface area contributed by atoms with Crippen LogP contribution in [0.15, 0.2) is 60.8 Å². The minimum absolute atomic E-state index is 0.0766. The van der Waals surface area contributed by atoms with Gasteiger partial charge in [-0.1, -0.05) is 255 Å². The molecule has 0 radical (unpaired) electrons. The summed E-state index contributed by atoms with van der Waals surface area (Å²) in [6.07, 6.45) is 66.3. The number of esters is 3. The first-order chi connectivity index (χ1) is 32.0. The minimum Gasteiger partial charge on any atom is -0.462 e. The Bertz CT molecular complexity index is 1180. The first-order valence-corrected chi connectivity index (χ1v) is 27.8. The summed E-state index contributed by atoms with van der Waals surface area (Å²) in [7, 11) is 0. The molecule has 0 amide bonds. The maximum atomic E-state index is 12.8. The van der Waals surface area contributed by atoms with E-state index in [-0.39, 0.29) is 31.1 Å². The standard InChI is InChI=1S/C59H104O6/c1-4-7-10-13-16-19-22-25-27-28-29-30-31-32-33-35-37-40-43-46-49-52-58(61)64-55-56(54-63-57(60)51-48-45-42-39-36-24-21-18-15-12-9-6-3)65-59(62)53-50-47-44-41-38-34-26-23-20-17-14-11-8-5-2/h7,10,16,19,25,27,29-30,32-33,56H,4-6,8-9,11-15,17-18,20-24,26,28,31,34-55H2,1-3H3/b10-7-,19-16-,27-25-,30-29-,33-32-. The van der Waals surface area contributed by atoms with Crippen molar-refractivity contribution < 1.29 is 28.6 Å². The summed E-state index contributed by atoms with van der Waals surface area (Å²) in [6.45, 7) is 6.53. The second-order valence-electron chi connectivity index (χ2n) is 18.5. The van der Waals surface area contributed by atoms with Gasteiger partial charge in [0, 0.05) is 19.3 Å². The van der Waals surface area contributed by atoms with Crippen molar-refractivity contribution in [3.05, 3.63) is 60.8 Å². The first-order valence-electron chi connectivity index (χ1n) is 27.8. The topological polar surface area (TPSA) is 78.9 Å². The lowest BCUT2D eigenvalue weighted by Crippen LogP contribution is -2.30. The van der Waals surface area contributed by atoms with Gasteiger partial charge in [0.2, 0.25) is 0 Å². The highest BCUT2D eigenvalue weighted by atomic mass is 16.6. The third-order valence-electron chi connectivity index (χ3n) is 12.0. The maximum absolute atomic E-state index is 12.8. The fourth-order valence-corrected chi connectivity index (χ4v) is 7.88. The van der Waals surface area contributed by atoms with E-state index in [1.807, 2.05) is 0 Å². The molecule has 0 aromatic carbocycles. The average molecular weight is 909 g/mol. The van der Waals surface area contributed by atoms with Gasteiger partial charge in [0.1, 0.15) is 13.2 Å². The number of ether oxygens (including phenoxy) is 3. The molecule has 0 aromatic rings. The van der Waals surface area contributed by atoms with Crippen LogP contribution in [0, 0.1) is 0 Å². The van der Waals surface area contributed by atoms with Crippen LogP contribution in [0.25, 0.3) is 0 Å². The largest absolute Gasteiger partial charge is 0.462 e. The van der Waals surface area contributed by atoms with Crippen molar-refractivity contribution in [1.29, 1.82) is 0 Å². The van der Waals surface area contributed by atoms with E-state index in [0.717, 1.165) is 109 Å². The van der Waals surface area contributed by atoms with Crippen LogP contribution in [-0.4, -0.2) is 37.2 Å². The number of carbonyl (C=O) groups is 3. The predicted molar refractivity (Wildman–Crippen MR) is 279 cm³/mol. The molecule has 0 heterocycles. The molecule has 0 bridgehead atoms. The highest BCUT2D eigenvalue weighted by Crippen LogP contribution is 2.16. The van der Waals surface area contributed by atoms with E-state index >= 15 is 0 Å². The Morgan fingerprint density at radius 3 is 0.938 bits per heavy atom. The van der Waals surface area contributed by atoms with Gasteiger partial charge in [-0.05, 0) is 64.2 Å². The molecular weight excluding hydrogens is 805 g/mol. The molecular formula is C59H104O6. The molecule has 6 nitrogen and oxygen atoms in total. The van der Waals surface area contributed by atoms with E-state index in [0.29, 0.717) is 19.3 Å². The van der Waals surface area contributed by atoms with Crippen LogP contribution < -0.4 is 0 Å². The SMILES string of the molecule is CC/C=C\C/C=C\C/C=C\C/C=C\C/C=C\CCCCCCCC(=O)OCC(COC(=O)CCCCCCCCCCCCCC)OC(=O)CCCCCCCCCCCCCCCC. The summed E-state index contributed by atoms with van der Waals surface area (Å²) in [6, 6.07) is 0. The number of carbonyl (C=O) groups excluding carboxylic acids is 3. The molecule has 0 N–H and O–H groups in total. The van der Waals surface area contributed by atoms with Crippen LogP contribution >= 0.6 is 0 Å².